The van der Waals surface area contributed by atoms with E-state index < -0.39 is 23.5 Å². The van der Waals surface area contributed by atoms with Crippen LogP contribution in [0.15, 0.2) is 35.5 Å². The second-order valence-electron chi connectivity index (χ2n) is 6.84. The van der Waals surface area contributed by atoms with Gasteiger partial charge in [-0.3, -0.25) is 4.79 Å². The standard InChI is InChI=1S/C20H23ClN2O5/c1-3-14-16(17(24)27-4-2)15(23-19(26)22-14)11-28-18(25)20(9-10-20)12-5-7-13(21)8-6-12/h5-8,14H,3-4,9-11H2,1-2H3,(H2,22,23,26)/t14-/m0/s1. The lowest BCUT2D eigenvalue weighted by atomic mass is 9.96. The van der Waals surface area contributed by atoms with E-state index in [1.807, 2.05) is 19.1 Å². The number of nitrogens with one attached hydrogen (secondary N) is 2. The Bertz CT molecular complexity index is 814. The molecule has 2 aliphatic rings. The summed E-state index contributed by atoms with van der Waals surface area (Å²) in [5.74, 6) is -0.918. The van der Waals surface area contributed by atoms with Crippen LogP contribution in [0.1, 0.15) is 38.7 Å². The highest BCUT2D eigenvalue weighted by Crippen LogP contribution is 2.49. The molecule has 1 fully saturated rings. The van der Waals surface area contributed by atoms with E-state index in [4.69, 9.17) is 21.1 Å². The molecule has 1 aromatic carbocycles. The first-order chi connectivity index (χ1) is 13.4. The Morgan fingerprint density at radius 1 is 1.18 bits per heavy atom. The number of esters is 2. The van der Waals surface area contributed by atoms with E-state index in [2.05, 4.69) is 10.6 Å². The molecule has 0 aromatic heterocycles. The van der Waals surface area contributed by atoms with E-state index in [9.17, 15) is 14.4 Å². The molecular weight excluding hydrogens is 384 g/mol. The highest BCUT2D eigenvalue weighted by molar-refractivity contribution is 6.30. The number of hydrogen-bond donors (Lipinski definition) is 2. The highest BCUT2D eigenvalue weighted by atomic mass is 35.5. The van der Waals surface area contributed by atoms with Crippen LogP contribution < -0.4 is 10.6 Å². The smallest absolute Gasteiger partial charge is 0.338 e. The number of amides is 2. The summed E-state index contributed by atoms with van der Waals surface area (Å²) in [6.07, 6.45) is 1.87. The molecule has 1 aliphatic carbocycles. The van der Waals surface area contributed by atoms with Crippen molar-refractivity contribution in [3.8, 4) is 0 Å². The monoisotopic (exact) mass is 406 g/mol. The van der Waals surface area contributed by atoms with Crippen LogP contribution in [-0.4, -0.2) is 37.2 Å². The van der Waals surface area contributed by atoms with Crippen LogP contribution in [0.3, 0.4) is 0 Å². The quantitative estimate of drug-likeness (QED) is 0.679. The second-order valence-corrected chi connectivity index (χ2v) is 7.27. The molecule has 28 heavy (non-hydrogen) atoms. The average Bonchev–Trinajstić information content (AvgIpc) is 3.48. The van der Waals surface area contributed by atoms with Crippen LogP contribution in [0, 0.1) is 0 Å². The van der Waals surface area contributed by atoms with Crippen LogP contribution in [0.25, 0.3) is 0 Å². The first-order valence-electron chi connectivity index (χ1n) is 9.32. The third kappa shape index (κ3) is 3.99. The van der Waals surface area contributed by atoms with E-state index in [1.54, 1.807) is 19.1 Å². The predicted octanol–water partition coefficient (Wildman–Crippen LogP) is 2.82. The zero-order chi connectivity index (χ0) is 20.3. The van der Waals surface area contributed by atoms with Crippen molar-refractivity contribution in [2.45, 2.75) is 44.6 Å². The molecule has 2 N–H and O–H groups in total. The third-order valence-electron chi connectivity index (χ3n) is 5.03. The Hall–Kier alpha value is -2.54. The maximum Gasteiger partial charge on any atom is 0.338 e. The summed E-state index contributed by atoms with van der Waals surface area (Å²) < 4.78 is 10.6. The summed E-state index contributed by atoms with van der Waals surface area (Å²) in [6.45, 7) is 3.56. The van der Waals surface area contributed by atoms with Crippen molar-refractivity contribution in [2.24, 2.45) is 0 Å². The predicted molar refractivity (Wildman–Crippen MR) is 103 cm³/mol. The minimum atomic E-state index is -0.684. The topological polar surface area (TPSA) is 93.7 Å². The average molecular weight is 407 g/mol. The van der Waals surface area contributed by atoms with E-state index >= 15 is 0 Å². The number of benzene rings is 1. The molecule has 1 aliphatic heterocycles. The molecule has 3 rings (SSSR count). The molecule has 7 nitrogen and oxygen atoms in total. The van der Waals surface area contributed by atoms with Gasteiger partial charge >= 0.3 is 18.0 Å². The van der Waals surface area contributed by atoms with Crippen molar-refractivity contribution in [2.75, 3.05) is 13.2 Å². The SMILES string of the molecule is CCOC(=O)C1=C(COC(=O)C2(c3ccc(Cl)cc3)CC2)NC(=O)N[C@H]1CC. The molecule has 1 saturated carbocycles. The lowest BCUT2D eigenvalue weighted by molar-refractivity contribution is -0.146. The van der Waals surface area contributed by atoms with Crippen LogP contribution >= 0.6 is 11.6 Å². The Morgan fingerprint density at radius 2 is 1.86 bits per heavy atom. The van der Waals surface area contributed by atoms with Crippen LogP contribution in [0.4, 0.5) is 4.79 Å². The van der Waals surface area contributed by atoms with Gasteiger partial charge in [0.15, 0.2) is 0 Å². The lowest BCUT2D eigenvalue weighted by Gasteiger charge is -2.28. The number of halogens is 1. The van der Waals surface area contributed by atoms with Gasteiger partial charge in [0.2, 0.25) is 0 Å². The van der Waals surface area contributed by atoms with Crippen molar-refractivity contribution in [3.63, 3.8) is 0 Å². The molecule has 1 aromatic rings. The molecule has 0 spiro atoms. The van der Waals surface area contributed by atoms with E-state index in [0.29, 0.717) is 24.3 Å². The van der Waals surface area contributed by atoms with Crippen molar-refractivity contribution < 1.29 is 23.9 Å². The number of urea groups is 1. The second kappa shape index (κ2) is 8.22. The van der Waals surface area contributed by atoms with E-state index in [-0.39, 0.29) is 30.5 Å². The summed E-state index contributed by atoms with van der Waals surface area (Å²) in [5.41, 5.74) is 0.709. The summed E-state index contributed by atoms with van der Waals surface area (Å²) in [6, 6.07) is 6.19. The third-order valence-corrected chi connectivity index (χ3v) is 5.28. The largest absolute Gasteiger partial charge is 0.463 e. The fourth-order valence-electron chi connectivity index (χ4n) is 3.36. The molecule has 1 atom stereocenters. The first-order valence-corrected chi connectivity index (χ1v) is 9.70. The Morgan fingerprint density at radius 3 is 2.43 bits per heavy atom. The normalized spacial score (nSPS) is 20.1. The van der Waals surface area contributed by atoms with Gasteiger partial charge in [0, 0.05) is 5.02 Å². The first kappa shape index (κ1) is 20.2. The summed E-state index contributed by atoms with van der Waals surface area (Å²) in [4.78, 5) is 37.0. The van der Waals surface area contributed by atoms with Crippen LogP contribution in [0.5, 0.6) is 0 Å². The number of carbonyl (C=O) groups is 3. The van der Waals surface area contributed by atoms with Gasteiger partial charge in [-0.2, -0.15) is 0 Å². The fraction of sp³-hybridized carbons (Fsp3) is 0.450. The van der Waals surface area contributed by atoms with Crippen molar-refractivity contribution in [1.29, 1.82) is 0 Å². The van der Waals surface area contributed by atoms with Gasteiger partial charge in [-0.1, -0.05) is 30.7 Å². The van der Waals surface area contributed by atoms with Crippen molar-refractivity contribution in [1.82, 2.24) is 10.6 Å². The van der Waals surface area contributed by atoms with Crippen molar-refractivity contribution in [3.05, 3.63) is 46.1 Å². The van der Waals surface area contributed by atoms with Gasteiger partial charge in [0.05, 0.1) is 29.3 Å². The zero-order valence-electron chi connectivity index (χ0n) is 15.8. The molecule has 150 valence electrons. The summed E-state index contributed by atoms with van der Waals surface area (Å²) >= 11 is 5.92. The molecule has 0 saturated heterocycles. The minimum absolute atomic E-state index is 0.202. The minimum Gasteiger partial charge on any atom is -0.463 e. The molecule has 0 bridgehead atoms. The van der Waals surface area contributed by atoms with Crippen LogP contribution in [-0.2, 0) is 24.5 Å². The van der Waals surface area contributed by atoms with Gasteiger partial charge in [0.1, 0.15) is 6.61 Å². The fourth-order valence-corrected chi connectivity index (χ4v) is 3.48. The molecule has 0 radical (unpaired) electrons. The van der Waals surface area contributed by atoms with Crippen molar-refractivity contribution >= 4 is 29.6 Å². The number of hydrogen-bond acceptors (Lipinski definition) is 5. The molecule has 8 heteroatoms. The zero-order valence-corrected chi connectivity index (χ0v) is 16.6. The van der Waals surface area contributed by atoms with Gasteiger partial charge in [0.25, 0.3) is 0 Å². The lowest BCUT2D eigenvalue weighted by Crippen LogP contribution is -2.51. The number of carbonyl (C=O) groups excluding carboxylic acids is 3. The summed E-state index contributed by atoms with van der Waals surface area (Å²) in [7, 11) is 0. The summed E-state index contributed by atoms with van der Waals surface area (Å²) in [5, 5.41) is 5.86. The van der Waals surface area contributed by atoms with Crippen LogP contribution in [0.2, 0.25) is 5.02 Å². The maximum atomic E-state index is 12.8. The van der Waals surface area contributed by atoms with E-state index in [1.165, 1.54) is 0 Å². The number of ether oxygens (including phenoxy) is 2. The molecular formula is C20H23ClN2O5. The molecule has 2 amide bonds. The van der Waals surface area contributed by atoms with Gasteiger partial charge in [-0.15, -0.1) is 0 Å². The molecule has 1 heterocycles. The Labute approximate surface area is 168 Å². The Kier molecular flexibility index (Phi) is 5.93. The van der Waals surface area contributed by atoms with E-state index in [0.717, 1.165) is 5.56 Å². The molecule has 0 unspecified atom stereocenters. The van der Waals surface area contributed by atoms with Gasteiger partial charge in [-0.25, -0.2) is 9.59 Å². The van der Waals surface area contributed by atoms with Gasteiger partial charge in [-0.05, 0) is 43.9 Å². The number of rotatable bonds is 7. The highest BCUT2D eigenvalue weighted by Gasteiger charge is 2.53. The Balaban J connectivity index is 1.78. The maximum absolute atomic E-state index is 12.8. The van der Waals surface area contributed by atoms with Gasteiger partial charge < -0.3 is 20.1 Å².